The summed E-state index contributed by atoms with van der Waals surface area (Å²) in [5.74, 6) is 0.233. The quantitative estimate of drug-likeness (QED) is 0.485. The molecule has 0 saturated carbocycles. The summed E-state index contributed by atoms with van der Waals surface area (Å²) >= 11 is 0. The van der Waals surface area contributed by atoms with E-state index in [2.05, 4.69) is 6.07 Å². The number of rotatable bonds is 1. The number of hydrogen-bond donors (Lipinski definition) is 0. The molecule has 1 unspecified atom stereocenters. The minimum atomic E-state index is -0.0947. The van der Waals surface area contributed by atoms with Gasteiger partial charge in [-0.25, -0.2) is 0 Å². The van der Waals surface area contributed by atoms with E-state index < -0.39 is 0 Å². The summed E-state index contributed by atoms with van der Waals surface area (Å²) in [7, 11) is 0. The highest BCUT2D eigenvalue weighted by molar-refractivity contribution is 5.87. The first-order valence-electron chi connectivity index (χ1n) is 2.89. The van der Waals surface area contributed by atoms with Gasteiger partial charge in [-0.1, -0.05) is 0 Å². The number of hydrogen-bond acceptors (Lipinski definition) is 3. The van der Waals surface area contributed by atoms with Crippen molar-refractivity contribution in [2.24, 2.45) is 0 Å². The maximum Gasteiger partial charge on any atom is 0.160 e. The Labute approximate surface area is 53.9 Å². The van der Waals surface area contributed by atoms with Gasteiger partial charge in [0.2, 0.25) is 0 Å². The second-order valence-corrected chi connectivity index (χ2v) is 2.25. The maximum atomic E-state index is 10.4. The zero-order valence-corrected chi connectivity index (χ0v) is 5.29. The van der Waals surface area contributed by atoms with Gasteiger partial charge in [0.05, 0.1) is 25.2 Å². The average Bonchev–Trinajstić information content (AvgIpc) is 1.79. The summed E-state index contributed by atoms with van der Waals surface area (Å²) in [5, 5.41) is 8.35. The van der Waals surface area contributed by atoms with Crippen LogP contribution in [0.25, 0.3) is 0 Å². The number of likely N-dealkylation sites (tertiary alicyclic amines) is 1. The summed E-state index contributed by atoms with van der Waals surface area (Å²) in [5.41, 5.74) is 0. The third-order valence-corrected chi connectivity index (χ3v) is 1.49. The predicted molar refractivity (Wildman–Crippen MR) is 31.7 cm³/mol. The van der Waals surface area contributed by atoms with Crippen LogP contribution in [-0.2, 0) is 4.79 Å². The van der Waals surface area contributed by atoms with Crippen LogP contribution in [0.3, 0.4) is 0 Å². The molecular weight excluding hydrogens is 116 g/mol. The summed E-state index contributed by atoms with van der Waals surface area (Å²) < 4.78 is 0. The van der Waals surface area contributed by atoms with E-state index in [-0.39, 0.29) is 11.8 Å². The van der Waals surface area contributed by atoms with E-state index in [1.165, 1.54) is 0 Å². The Bertz CT molecular complexity index is 162. The Morgan fingerprint density at radius 1 is 1.78 bits per heavy atom. The van der Waals surface area contributed by atoms with Crippen LogP contribution in [0.15, 0.2) is 0 Å². The Balaban J connectivity index is 2.33. The van der Waals surface area contributed by atoms with E-state index in [9.17, 15) is 4.79 Å². The lowest BCUT2D eigenvalue weighted by molar-refractivity contribution is -0.129. The Hall–Kier alpha value is -0.880. The number of carbonyl (C=O) groups excluding carboxylic acids is 1. The molecule has 0 spiro atoms. The van der Waals surface area contributed by atoms with Crippen molar-refractivity contribution in [1.82, 2.24) is 4.90 Å². The van der Waals surface area contributed by atoms with Gasteiger partial charge >= 0.3 is 0 Å². The van der Waals surface area contributed by atoms with Gasteiger partial charge in [-0.3, -0.25) is 9.69 Å². The predicted octanol–water partition coefficient (Wildman–Crippen LogP) is -0.217. The van der Waals surface area contributed by atoms with Crippen LogP contribution >= 0.6 is 0 Å². The lowest BCUT2D eigenvalue weighted by atomic mass is 10.1. The lowest BCUT2D eigenvalue weighted by Crippen LogP contribution is -2.51. The Morgan fingerprint density at radius 3 is 2.67 bits per heavy atom. The highest BCUT2D eigenvalue weighted by atomic mass is 16.1. The molecular formula is C6H8N2O. The SMILES string of the molecule is CC(C#N)N1CC(=O)C1. The van der Waals surface area contributed by atoms with E-state index in [1.54, 1.807) is 6.92 Å². The summed E-state index contributed by atoms with van der Waals surface area (Å²) in [6, 6.07) is 1.97. The average molecular weight is 124 g/mol. The van der Waals surface area contributed by atoms with E-state index >= 15 is 0 Å². The largest absolute Gasteiger partial charge is 0.297 e. The van der Waals surface area contributed by atoms with Crippen molar-refractivity contribution in [3.05, 3.63) is 0 Å². The topological polar surface area (TPSA) is 44.1 Å². The maximum absolute atomic E-state index is 10.4. The fraction of sp³-hybridized carbons (Fsp3) is 0.667. The number of ketones is 1. The minimum Gasteiger partial charge on any atom is -0.297 e. The van der Waals surface area contributed by atoms with Gasteiger partial charge < -0.3 is 0 Å². The molecule has 0 N–H and O–H groups in total. The third kappa shape index (κ3) is 1.08. The fourth-order valence-electron chi connectivity index (χ4n) is 0.762. The van der Waals surface area contributed by atoms with E-state index in [0.29, 0.717) is 13.1 Å². The molecule has 0 aliphatic carbocycles. The number of Topliss-reactive ketones (excluding diaryl/α,β-unsaturated/α-hetero) is 1. The van der Waals surface area contributed by atoms with Gasteiger partial charge in [0.15, 0.2) is 5.78 Å². The molecule has 0 bridgehead atoms. The van der Waals surface area contributed by atoms with Crippen LogP contribution in [0.5, 0.6) is 0 Å². The summed E-state index contributed by atoms with van der Waals surface area (Å²) in [4.78, 5) is 12.2. The van der Waals surface area contributed by atoms with Crippen LogP contribution in [0.2, 0.25) is 0 Å². The van der Waals surface area contributed by atoms with Gasteiger partial charge in [-0.05, 0) is 6.92 Å². The zero-order chi connectivity index (χ0) is 6.85. The van der Waals surface area contributed by atoms with Crippen molar-refractivity contribution < 1.29 is 4.79 Å². The molecule has 1 fully saturated rings. The smallest absolute Gasteiger partial charge is 0.160 e. The van der Waals surface area contributed by atoms with Crippen molar-refractivity contribution in [1.29, 1.82) is 5.26 Å². The van der Waals surface area contributed by atoms with Crippen LogP contribution in [0, 0.1) is 11.3 Å². The molecule has 1 aliphatic rings. The number of nitriles is 1. The molecule has 0 aromatic carbocycles. The van der Waals surface area contributed by atoms with Gasteiger partial charge in [-0.2, -0.15) is 5.26 Å². The Morgan fingerprint density at radius 2 is 2.33 bits per heavy atom. The van der Waals surface area contributed by atoms with Crippen molar-refractivity contribution in [3.63, 3.8) is 0 Å². The van der Waals surface area contributed by atoms with Crippen LogP contribution in [-0.4, -0.2) is 29.8 Å². The molecule has 0 amide bonds. The molecule has 1 heterocycles. The molecule has 48 valence electrons. The summed E-state index contributed by atoms with van der Waals surface area (Å²) in [6.07, 6.45) is 0. The molecule has 0 radical (unpaired) electrons. The molecule has 1 atom stereocenters. The minimum absolute atomic E-state index is 0.0947. The monoisotopic (exact) mass is 124 g/mol. The first-order chi connectivity index (χ1) is 4.24. The van der Waals surface area contributed by atoms with Gasteiger partial charge in [-0.15, -0.1) is 0 Å². The normalized spacial score (nSPS) is 22.4. The van der Waals surface area contributed by atoms with Gasteiger partial charge in [0, 0.05) is 0 Å². The number of nitrogens with zero attached hydrogens (tertiary/aromatic N) is 2. The van der Waals surface area contributed by atoms with Gasteiger partial charge in [0.1, 0.15) is 0 Å². The molecule has 1 rings (SSSR count). The van der Waals surface area contributed by atoms with Crippen LogP contribution in [0.4, 0.5) is 0 Å². The molecule has 3 heteroatoms. The van der Waals surface area contributed by atoms with E-state index in [4.69, 9.17) is 5.26 Å². The summed E-state index contributed by atoms with van der Waals surface area (Å²) in [6.45, 7) is 2.73. The van der Waals surface area contributed by atoms with Crippen molar-refractivity contribution in [2.75, 3.05) is 13.1 Å². The van der Waals surface area contributed by atoms with Crippen molar-refractivity contribution in [3.8, 4) is 6.07 Å². The lowest BCUT2D eigenvalue weighted by Gasteiger charge is -2.30. The molecule has 9 heavy (non-hydrogen) atoms. The van der Waals surface area contributed by atoms with Crippen LogP contribution < -0.4 is 0 Å². The second kappa shape index (κ2) is 2.16. The zero-order valence-electron chi connectivity index (χ0n) is 5.29. The second-order valence-electron chi connectivity index (χ2n) is 2.25. The highest BCUT2D eigenvalue weighted by Gasteiger charge is 2.27. The molecule has 1 saturated heterocycles. The third-order valence-electron chi connectivity index (χ3n) is 1.49. The molecule has 0 aromatic rings. The fourth-order valence-corrected chi connectivity index (χ4v) is 0.762. The van der Waals surface area contributed by atoms with Gasteiger partial charge in [0.25, 0.3) is 0 Å². The standard InChI is InChI=1S/C6H8N2O/c1-5(2-7)8-3-6(9)4-8/h5H,3-4H2,1H3. The van der Waals surface area contributed by atoms with Crippen LogP contribution in [0.1, 0.15) is 6.92 Å². The highest BCUT2D eigenvalue weighted by Crippen LogP contribution is 2.05. The number of carbonyl (C=O) groups is 1. The van der Waals surface area contributed by atoms with E-state index in [0.717, 1.165) is 0 Å². The van der Waals surface area contributed by atoms with Crippen molar-refractivity contribution >= 4 is 5.78 Å². The molecule has 1 aliphatic heterocycles. The molecule has 0 aromatic heterocycles. The Kier molecular flexibility index (Phi) is 1.50. The van der Waals surface area contributed by atoms with Crippen molar-refractivity contribution in [2.45, 2.75) is 13.0 Å². The van der Waals surface area contributed by atoms with E-state index in [1.807, 2.05) is 4.90 Å². The first kappa shape index (κ1) is 6.24. The first-order valence-corrected chi connectivity index (χ1v) is 2.89. The molecule has 3 nitrogen and oxygen atoms in total.